The maximum absolute atomic E-state index is 12.7. The molecule has 1 aliphatic heterocycles. The number of halogens is 1. The summed E-state index contributed by atoms with van der Waals surface area (Å²) in [7, 11) is 0. The van der Waals surface area contributed by atoms with Crippen molar-refractivity contribution in [3.8, 4) is 0 Å². The second-order valence-electron chi connectivity index (χ2n) is 6.05. The van der Waals surface area contributed by atoms with Crippen LogP contribution in [0.4, 0.5) is 5.69 Å². The molecule has 0 unspecified atom stereocenters. The molecule has 0 bridgehead atoms. The Bertz CT molecular complexity index is 946. The number of hydrogen-bond donors (Lipinski definition) is 3. The molecule has 4 rings (SSSR count). The zero-order chi connectivity index (χ0) is 17.6. The molecule has 2 aromatic heterocycles. The van der Waals surface area contributed by atoms with Gasteiger partial charge in [-0.05, 0) is 46.1 Å². The molecule has 1 aromatic carbocycles. The van der Waals surface area contributed by atoms with Crippen LogP contribution in [0.1, 0.15) is 35.3 Å². The maximum atomic E-state index is 12.7. The van der Waals surface area contributed by atoms with Crippen LogP contribution in [-0.4, -0.2) is 22.8 Å². The van der Waals surface area contributed by atoms with Crippen LogP contribution in [0.15, 0.2) is 40.2 Å². The number of amides is 2. The molecule has 0 fully saturated rings. The molecule has 5 nitrogen and oxygen atoms in total. The predicted octanol–water partition coefficient (Wildman–Crippen LogP) is 4.24. The number of nitrogens with one attached hydrogen (secondary N) is 3. The largest absolute Gasteiger partial charge is 0.350 e. The Morgan fingerprint density at radius 2 is 2.12 bits per heavy atom. The Kier molecular flexibility index (Phi) is 4.13. The minimum Gasteiger partial charge on any atom is -0.350 e. The first-order chi connectivity index (χ1) is 12.1. The monoisotopic (exact) mass is 417 g/mol. The van der Waals surface area contributed by atoms with E-state index in [2.05, 4.69) is 31.5 Å². The summed E-state index contributed by atoms with van der Waals surface area (Å²) >= 11 is 4.99. The molecule has 128 valence electrons. The summed E-state index contributed by atoms with van der Waals surface area (Å²) in [6.07, 6.45) is 0.766. The number of H-pyrrole nitrogens is 1. The lowest BCUT2D eigenvalue weighted by atomic mass is 9.84. The highest BCUT2D eigenvalue weighted by molar-refractivity contribution is 9.11. The van der Waals surface area contributed by atoms with Gasteiger partial charge in [-0.3, -0.25) is 9.59 Å². The number of para-hydroxylation sites is 1. The van der Waals surface area contributed by atoms with Gasteiger partial charge in [0.1, 0.15) is 11.7 Å². The molecular formula is C18H16BrN3O2S. The van der Waals surface area contributed by atoms with Crippen LogP contribution in [0.3, 0.4) is 0 Å². The number of rotatable bonds is 3. The van der Waals surface area contributed by atoms with E-state index in [9.17, 15) is 9.59 Å². The van der Waals surface area contributed by atoms with E-state index >= 15 is 0 Å². The number of carbonyl (C=O) groups excluding carboxylic acids is 2. The van der Waals surface area contributed by atoms with E-state index in [0.717, 1.165) is 31.7 Å². The van der Waals surface area contributed by atoms with E-state index in [1.807, 2.05) is 43.3 Å². The third kappa shape index (κ3) is 2.87. The fourth-order valence-corrected chi connectivity index (χ4v) is 4.90. The Morgan fingerprint density at radius 3 is 2.88 bits per heavy atom. The van der Waals surface area contributed by atoms with Crippen LogP contribution in [0.25, 0.3) is 10.2 Å². The third-order valence-electron chi connectivity index (χ3n) is 4.55. The molecular weight excluding hydrogens is 402 g/mol. The number of thiophene rings is 1. The summed E-state index contributed by atoms with van der Waals surface area (Å²) in [6.45, 7) is 2.03. The molecule has 7 heteroatoms. The fourth-order valence-electron chi connectivity index (χ4n) is 3.36. The third-order valence-corrected chi connectivity index (χ3v) is 6.13. The summed E-state index contributed by atoms with van der Waals surface area (Å²) in [6, 6.07) is 10.9. The maximum Gasteiger partial charge on any atom is 0.268 e. The van der Waals surface area contributed by atoms with Gasteiger partial charge < -0.3 is 15.6 Å². The van der Waals surface area contributed by atoms with Crippen molar-refractivity contribution < 1.29 is 9.59 Å². The molecule has 3 heterocycles. The first-order valence-corrected chi connectivity index (χ1v) is 9.66. The van der Waals surface area contributed by atoms with Gasteiger partial charge in [-0.25, -0.2) is 0 Å². The van der Waals surface area contributed by atoms with E-state index in [4.69, 9.17) is 0 Å². The Morgan fingerprint density at radius 1 is 1.32 bits per heavy atom. The number of aromatic nitrogens is 1. The van der Waals surface area contributed by atoms with Crippen LogP contribution in [0.2, 0.25) is 0 Å². The van der Waals surface area contributed by atoms with Gasteiger partial charge in [-0.15, -0.1) is 11.3 Å². The van der Waals surface area contributed by atoms with Gasteiger partial charge in [0.25, 0.3) is 5.91 Å². The Hall–Kier alpha value is -2.12. The molecule has 2 amide bonds. The average Bonchev–Trinajstić information content (AvgIpc) is 3.12. The highest BCUT2D eigenvalue weighted by Gasteiger charge is 2.35. The number of hydrogen-bond acceptors (Lipinski definition) is 3. The molecule has 0 saturated heterocycles. The lowest BCUT2D eigenvalue weighted by Crippen LogP contribution is -2.50. The van der Waals surface area contributed by atoms with Crippen LogP contribution in [0, 0.1) is 0 Å². The lowest BCUT2D eigenvalue weighted by molar-refractivity contribution is -0.118. The molecule has 2 atom stereocenters. The minimum absolute atomic E-state index is 0.0425. The number of aromatic amines is 1. The van der Waals surface area contributed by atoms with E-state index in [1.165, 1.54) is 0 Å². The number of anilines is 1. The van der Waals surface area contributed by atoms with E-state index in [0.29, 0.717) is 5.69 Å². The first kappa shape index (κ1) is 16.4. The molecule has 0 saturated carbocycles. The second-order valence-corrected chi connectivity index (χ2v) is 8.52. The van der Waals surface area contributed by atoms with Gasteiger partial charge in [0, 0.05) is 11.6 Å². The van der Waals surface area contributed by atoms with Crippen molar-refractivity contribution in [3.05, 3.63) is 51.4 Å². The van der Waals surface area contributed by atoms with Crippen LogP contribution in [0.5, 0.6) is 0 Å². The Balaban J connectivity index is 1.61. The number of carbonyl (C=O) groups is 2. The van der Waals surface area contributed by atoms with Gasteiger partial charge in [-0.1, -0.05) is 25.1 Å². The molecule has 25 heavy (non-hydrogen) atoms. The standard InChI is InChI=1S/C18H16BrN3O2S/c1-2-9-10-5-3-4-6-11(10)21-18(24)16(9)22-17(23)13-7-14-12(20-13)8-15(19)25-14/h3-9,16,20H,2H2,1H3,(H,21,24)(H,22,23)/t9-,16+/m0/s1. The number of benzene rings is 1. The lowest BCUT2D eigenvalue weighted by Gasteiger charge is -2.32. The highest BCUT2D eigenvalue weighted by Crippen LogP contribution is 2.35. The molecule has 3 N–H and O–H groups in total. The van der Waals surface area contributed by atoms with Crippen LogP contribution >= 0.6 is 27.3 Å². The van der Waals surface area contributed by atoms with Crippen molar-refractivity contribution in [3.63, 3.8) is 0 Å². The van der Waals surface area contributed by atoms with Gasteiger partial charge >= 0.3 is 0 Å². The van der Waals surface area contributed by atoms with Crippen LogP contribution in [-0.2, 0) is 4.79 Å². The first-order valence-electron chi connectivity index (χ1n) is 8.05. The quantitative estimate of drug-likeness (QED) is 0.596. The van der Waals surface area contributed by atoms with Gasteiger partial charge in [-0.2, -0.15) is 0 Å². The molecule has 0 radical (unpaired) electrons. The van der Waals surface area contributed by atoms with Crippen molar-refractivity contribution in [2.24, 2.45) is 0 Å². The fraction of sp³-hybridized carbons (Fsp3) is 0.222. The normalized spacial score (nSPS) is 19.5. The minimum atomic E-state index is -0.583. The van der Waals surface area contributed by atoms with Crippen molar-refractivity contribution in [2.75, 3.05) is 5.32 Å². The van der Waals surface area contributed by atoms with E-state index < -0.39 is 6.04 Å². The Labute approximate surface area is 156 Å². The van der Waals surface area contributed by atoms with Crippen LogP contribution < -0.4 is 10.6 Å². The van der Waals surface area contributed by atoms with Crippen molar-refractivity contribution in [2.45, 2.75) is 25.3 Å². The summed E-state index contributed by atoms with van der Waals surface area (Å²) < 4.78 is 2.01. The topological polar surface area (TPSA) is 74.0 Å². The molecule has 0 aliphatic carbocycles. The zero-order valence-electron chi connectivity index (χ0n) is 13.4. The van der Waals surface area contributed by atoms with Crippen molar-refractivity contribution >= 4 is 55.0 Å². The summed E-state index contributed by atoms with van der Waals surface area (Å²) in [5.74, 6) is -0.480. The smallest absolute Gasteiger partial charge is 0.268 e. The predicted molar refractivity (Wildman–Crippen MR) is 103 cm³/mol. The average molecular weight is 418 g/mol. The van der Waals surface area contributed by atoms with Crippen molar-refractivity contribution in [1.82, 2.24) is 10.3 Å². The zero-order valence-corrected chi connectivity index (χ0v) is 15.8. The SMILES string of the molecule is CC[C@H]1c2ccccc2NC(=O)[C@@H]1NC(=O)c1cc2sc(Br)cc2[nH]1. The van der Waals surface area contributed by atoms with Gasteiger partial charge in [0.2, 0.25) is 5.91 Å². The van der Waals surface area contributed by atoms with Gasteiger partial charge in [0.05, 0.1) is 14.0 Å². The van der Waals surface area contributed by atoms with Crippen molar-refractivity contribution in [1.29, 1.82) is 0 Å². The highest BCUT2D eigenvalue weighted by atomic mass is 79.9. The molecule has 1 aliphatic rings. The molecule has 3 aromatic rings. The second kappa shape index (κ2) is 6.31. The summed E-state index contributed by atoms with van der Waals surface area (Å²) in [5, 5.41) is 5.80. The van der Waals surface area contributed by atoms with E-state index in [1.54, 1.807) is 11.3 Å². The summed E-state index contributed by atoms with van der Waals surface area (Å²) in [5.41, 5.74) is 3.27. The summed E-state index contributed by atoms with van der Waals surface area (Å²) in [4.78, 5) is 28.3. The molecule has 0 spiro atoms. The van der Waals surface area contributed by atoms with E-state index in [-0.39, 0.29) is 17.7 Å². The number of fused-ring (bicyclic) bond motifs is 2. The van der Waals surface area contributed by atoms with Gasteiger partial charge in [0.15, 0.2) is 0 Å².